The summed E-state index contributed by atoms with van der Waals surface area (Å²) in [6.07, 6.45) is 12.8. The zero-order chi connectivity index (χ0) is 7.68. The molecule has 0 saturated carbocycles. The van der Waals surface area contributed by atoms with E-state index in [2.05, 4.69) is 48.4 Å². The zero-order valence-electron chi connectivity index (χ0n) is 6.62. The Morgan fingerprint density at radius 3 is 3.00 bits per heavy atom. The fourth-order valence-electron chi connectivity index (χ4n) is 1.40. The van der Waals surface area contributed by atoms with E-state index in [1.165, 1.54) is 11.3 Å². The van der Waals surface area contributed by atoms with Gasteiger partial charge in [-0.05, 0) is 24.6 Å². The third kappa shape index (κ3) is 1.03. The van der Waals surface area contributed by atoms with Crippen molar-refractivity contribution in [3.8, 4) is 0 Å². The molecule has 0 aromatic carbocycles. The Labute approximate surface area is 67.0 Å². The van der Waals surface area contributed by atoms with Gasteiger partial charge in [0, 0.05) is 18.4 Å². The van der Waals surface area contributed by atoms with Crippen LogP contribution in [0.1, 0.15) is 6.92 Å². The first kappa shape index (κ1) is 6.47. The van der Waals surface area contributed by atoms with Gasteiger partial charge in [0.1, 0.15) is 0 Å². The highest BCUT2D eigenvalue weighted by atomic mass is 15.1. The maximum Gasteiger partial charge on any atom is 0.0438 e. The number of hydrogen-bond acceptors (Lipinski definition) is 1. The smallest absolute Gasteiger partial charge is 0.0438 e. The first-order valence-corrected chi connectivity index (χ1v) is 3.87. The number of nitrogens with zero attached hydrogens (tertiary/aromatic N) is 1. The lowest BCUT2D eigenvalue weighted by Gasteiger charge is -2.27. The summed E-state index contributed by atoms with van der Waals surface area (Å²) in [6, 6.07) is 0. The molecule has 2 heterocycles. The topological polar surface area (TPSA) is 3.24 Å². The lowest BCUT2D eigenvalue weighted by molar-refractivity contribution is 0.514. The van der Waals surface area contributed by atoms with Crippen molar-refractivity contribution in [1.29, 1.82) is 0 Å². The van der Waals surface area contributed by atoms with Crippen LogP contribution in [-0.4, -0.2) is 11.4 Å². The molecule has 1 heteroatoms. The predicted octanol–water partition coefficient (Wildman–Crippen LogP) is 2.22. The molecule has 0 aliphatic carbocycles. The van der Waals surface area contributed by atoms with Crippen LogP contribution in [-0.2, 0) is 0 Å². The van der Waals surface area contributed by atoms with Gasteiger partial charge in [-0.25, -0.2) is 0 Å². The van der Waals surface area contributed by atoms with E-state index in [-0.39, 0.29) is 0 Å². The van der Waals surface area contributed by atoms with Gasteiger partial charge in [-0.3, -0.25) is 0 Å². The van der Waals surface area contributed by atoms with E-state index in [1.807, 2.05) is 0 Å². The summed E-state index contributed by atoms with van der Waals surface area (Å²) < 4.78 is 0. The van der Waals surface area contributed by atoms with Crippen molar-refractivity contribution in [2.45, 2.75) is 6.92 Å². The van der Waals surface area contributed by atoms with E-state index in [4.69, 9.17) is 0 Å². The van der Waals surface area contributed by atoms with Crippen LogP contribution < -0.4 is 0 Å². The third-order valence-electron chi connectivity index (χ3n) is 2.02. The molecule has 11 heavy (non-hydrogen) atoms. The summed E-state index contributed by atoms with van der Waals surface area (Å²) in [6.45, 7) is 3.15. The Morgan fingerprint density at radius 2 is 2.18 bits per heavy atom. The van der Waals surface area contributed by atoms with Crippen LogP contribution in [0.2, 0.25) is 0 Å². The van der Waals surface area contributed by atoms with Crippen molar-refractivity contribution in [2.75, 3.05) is 6.54 Å². The van der Waals surface area contributed by atoms with Crippen LogP contribution in [0.15, 0.2) is 47.9 Å². The minimum absolute atomic E-state index is 1.01. The van der Waals surface area contributed by atoms with Crippen molar-refractivity contribution in [3.63, 3.8) is 0 Å². The van der Waals surface area contributed by atoms with Crippen LogP contribution in [0, 0.1) is 0 Å². The second kappa shape index (κ2) is 2.42. The Bertz CT molecular complexity index is 279. The minimum atomic E-state index is 1.01. The Balaban J connectivity index is 2.40. The van der Waals surface area contributed by atoms with Gasteiger partial charge in [0.15, 0.2) is 0 Å². The molecular formula is C10H11N. The molecule has 2 aliphatic heterocycles. The standard InChI is InChI=1S/C10H11N/c1-9-5-4-8-11-7-3-2-6-10(9)11/h2-6,8H,7H2,1H3. The molecule has 0 unspecified atom stereocenters. The highest BCUT2D eigenvalue weighted by Crippen LogP contribution is 2.21. The van der Waals surface area contributed by atoms with Crippen LogP contribution in [0.3, 0.4) is 0 Å². The normalized spacial score (nSPS) is 21.0. The van der Waals surface area contributed by atoms with Crippen molar-refractivity contribution < 1.29 is 0 Å². The van der Waals surface area contributed by atoms with Gasteiger partial charge in [-0.2, -0.15) is 0 Å². The SMILES string of the molecule is CC1=CC=CN2CC=CC=C12. The molecule has 0 fully saturated rings. The van der Waals surface area contributed by atoms with Crippen molar-refractivity contribution in [2.24, 2.45) is 0 Å². The van der Waals surface area contributed by atoms with E-state index in [9.17, 15) is 0 Å². The van der Waals surface area contributed by atoms with Gasteiger partial charge >= 0.3 is 0 Å². The molecule has 0 atom stereocenters. The molecule has 0 amide bonds. The maximum atomic E-state index is 2.25. The van der Waals surface area contributed by atoms with E-state index in [0.717, 1.165) is 6.54 Å². The van der Waals surface area contributed by atoms with E-state index >= 15 is 0 Å². The maximum absolute atomic E-state index is 2.25. The largest absolute Gasteiger partial charge is 0.344 e. The lowest BCUT2D eigenvalue weighted by atomic mass is 10.1. The van der Waals surface area contributed by atoms with Crippen LogP contribution in [0.4, 0.5) is 0 Å². The number of hydrogen-bond donors (Lipinski definition) is 0. The van der Waals surface area contributed by atoms with E-state index in [0.29, 0.717) is 0 Å². The van der Waals surface area contributed by atoms with Gasteiger partial charge in [0.25, 0.3) is 0 Å². The lowest BCUT2D eigenvalue weighted by Crippen LogP contribution is -2.21. The number of rotatable bonds is 0. The average Bonchev–Trinajstić information content (AvgIpc) is 2.06. The first-order valence-electron chi connectivity index (χ1n) is 3.87. The molecule has 0 saturated heterocycles. The molecule has 0 bridgehead atoms. The van der Waals surface area contributed by atoms with Crippen molar-refractivity contribution in [3.05, 3.63) is 47.9 Å². The summed E-state index contributed by atoms with van der Waals surface area (Å²) in [5.74, 6) is 0. The summed E-state index contributed by atoms with van der Waals surface area (Å²) in [7, 11) is 0. The van der Waals surface area contributed by atoms with Crippen LogP contribution >= 0.6 is 0 Å². The molecule has 0 N–H and O–H groups in total. The highest BCUT2D eigenvalue weighted by Gasteiger charge is 2.10. The van der Waals surface area contributed by atoms with Gasteiger partial charge in [0.2, 0.25) is 0 Å². The Hall–Kier alpha value is -1.24. The third-order valence-corrected chi connectivity index (χ3v) is 2.02. The summed E-state index contributed by atoms with van der Waals surface area (Å²) in [5, 5.41) is 0. The molecule has 2 rings (SSSR count). The molecule has 56 valence electrons. The Morgan fingerprint density at radius 1 is 1.27 bits per heavy atom. The number of fused-ring (bicyclic) bond motifs is 1. The van der Waals surface area contributed by atoms with Gasteiger partial charge in [-0.15, -0.1) is 0 Å². The number of allylic oxidation sites excluding steroid dienone is 5. The fourth-order valence-corrected chi connectivity index (χ4v) is 1.40. The fraction of sp³-hybridized carbons (Fsp3) is 0.200. The minimum Gasteiger partial charge on any atom is -0.344 e. The average molecular weight is 145 g/mol. The van der Waals surface area contributed by atoms with Crippen molar-refractivity contribution >= 4 is 0 Å². The summed E-state index contributed by atoms with van der Waals surface area (Å²) in [4.78, 5) is 2.25. The molecule has 0 aromatic heterocycles. The van der Waals surface area contributed by atoms with Crippen molar-refractivity contribution in [1.82, 2.24) is 4.90 Å². The molecule has 1 nitrogen and oxygen atoms in total. The van der Waals surface area contributed by atoms with Gasteiger partial charge in [-0.1, -0.05) is 18.2 Å². The van der Waals surface area contributed by atoms with Gasteiger partial charge in [0.05, 0.1) is 0 Å². The van der Waals surface area contributed by atoms with Crippen LogP contribution in [0.25, 0.3) is 0 Å². The first-order chi connectivity index (χ1) is 5.38. The second-order valence-electron chi connectivity index (χ2n) is 2.82. The molecule has 0 aromatic rings. The molecular weight excluding hydrogens is 134 g/mol. The highest BCUT2D eigenvalue weighted by molar-refractivity contribution is 5.40. The Kier molecular flexibility index (Phi) is 1.42. The van der Waals surface area contributed by atoms with Crippen LogP contribution in [0.5, 0.6) is 0 Å². The summed E-state index contributed by atoms with van der Waals surface area (Å²) >= 11 is 0. The predicted molar refractivity (Wildman–Crippen MR) is 46.8 cm³/mol. The summed E-state index contributed by atoms with van der Waals surface area (Å²) in [5.41, 5.74) is 2.67. The molecule has 2 aliphatic rings. The van der Waals surface area contributed by atoms with Gasteiger partial charge < -0.3 is 4.90 Å². The quantitative estimate of drug-likeness (QED) is 0.505. The molecule has 0 radical (unpaired) electrons. The van der Waals surface area contributed by atoms with E-state index < -0.39 is 0 Å². The monoisotopic (exact) mass is 145 g/mol. The zero-order valence-corrected chi connectivity index (χ0v) is 6.62. The second-order valence-corrected chi connectivity index (χ2v) is 2.82. The van der Waals surface area contributed by atoms with E-state index in [1.54, 1.807) is 0 Å². The molecule has 0 spiro atoms.